The van der Waals surface area contributed by atoms with Crippen LogP contribution in [-0.4, -0.2) is 15.0 Å². The Morgan fingerprint density at radius 3 is 1.87 bits per heavy atom. The SMILES string of the molecule is c1ccc(-c2cccc3ccc(-c4nc(-c5cccc6cc(-c7ccc8cc9c(cc8c7)oc7ccccc79)ccc56)nc(-c5cccc6sc7ccccc7c56)n4)cc23)cc1. The van der Waals surface area contributed by atoms with Gasteiger partial charge in [-0.25, -0.2) is 15.0 Å². The normalized spacial score (nSPS) is 11.9. The summed E-state index contributed by atoms with van der Waals surface area (Å²) in [7, 11) is 0. The van der Waals surface area contributed by atoms with E-state index in [1.807, 2.05) is 12.1 Å². The van der Waals surface area contributed by atoms with Crippen molar-refractivity contribution in [2.75, 3.05) is 0 Å². The predicted octanol–water partition coefficient (Wildman–Crippen LogP) is 15.9. The lowest BCUT2D eigenvalue weighted by Gasteiger charge is -2.13. The average Bonchev–Trinajstić information content (AvgIpc) is 3.90. The second-order valence-corrected chi connectivity index (χ2v) is 17.0. The van der Waals surface area contributed by atoms with Gasteiger partial charge in [0, 0.05) is 47.6 Å². The number of fused-ring (bicyclic) bond motifs is 9. The number of hydrogen-bond acceptors (Lipinski definition) is 5. The number of aromatic nitrogens is 3. The molecule has 0 aliphatic heterocycles. The molecular formula is C57H33N3OS. The van der Waals surface area contributed by atoms with E-state index < -0.39 is 0 Å². The van der Waals surface area contributed by atoms with Crippen LogP contribution >= 0.6 is 11.3 Å². The fourth-order valence-corrected chi connectivity index (χ4v) is 10.4. The monoisotopic (exact) mass is 807 g/mol. The zero-order chi connectivity index (χ0) is 40.7. The van der Waals surface area contributed by atoms with Gasteiger partial charge in [-0.2, -0.15) is 0 Å². The van der Waals surface area contributed by atoms with Gasteiger partial charge in [0.1, 0.15) is 11.2 Å². The number of benzene rings is 10. The van der Waals surface area contributed by atoms with Crippen molar-refractivity contribution in [3.63, 3.8) is 0 Å². The van der Waals surface area contributed by atoms with Crippen molar-refractivity contribution in [1.29, 1.82) is 0 Å². The fraction of sp³-hybridized carbons (Fsp3) is 0. The molecule has 5 heteroatoms. The van der Waals surface area contributed by atoms with Crippen LogP contribution in [-0.2, 0) is 0 Å². The van der Waals surface area contributed by atoms with Crippen LogP contribution in [0.25, 0.3) is 131 Å². The number of rotatable bonds is 5. The second kappa shape index (κ2) is 13.8. The summed E-state index contributed by atoms with van der Waals surface area (Å²) in [4.78, 5) is 16.0. The highest BCUT2D eigenvalue weighted by atomic mass is 32.1. The first-order valence-corrected chi connectivity index (χ1v) is 21.6. The summed E-state index contributed by atoms with van der Waals surface area (Å²) in [6, 6.07) is 71.1. The van der Waals surface area contributed by atoms with Crippen molar-refractivity contribution < 1.29 is 4.42 Å². The maximum Gasteiger partial charge on any atom is 0.164 e. The minimum Gasteiger partial charge on any atom is -0.456 e. The summed E-state index contributed by atoms with van der Waals surface area (Å²) in [5.41, 5.74) is 9.33. The third-order valence-electron chi connectivity index (χ3n) is 12.3. The molecule has 0 atom stereocenters. The van der Waals surface area contributed by atoms with Gasteiger partial charge in [0.15, 0.2) is 17.5 Å². The van der Waals surface area contributed by atoms with Crippen molar-refractivity contribution in [3.8, 4) is 56.4 Å². The fourth-order valence-electron chi connectivity index (χ4n) is 9.29. The van der Waals surface area contributed by atoms with Gasteiger partial charge in [0.2, 0.25) is 0 Å². The maximum atomic E-state index is 6.25. The summed E-state index contributed by atoms with van der Waals surface area (Å²) in [6.07, 6.45) is 0. The highest BCUT2D eigenvalue weighted by Gasteiger charge is 2.19. The maximum absolute atomic E-state index is 6.25. The van der Waals surface area contributed by atoms with Crippen LogP contribution in [0.5, 0.6) is 0 Å². The molecule has 13 aromatic rings. The number of nitrogens with zero attached hydrogens (tertiary/aromatic N) is 3. The number of thiophene rings is 1. The van der Waals surface area contributed by atoms with E-state index in [-0.39, 0.29) is 0 Å². The molecule has 0 radical (unpaired) electrons. The Hall–Kier alpha value is -7.99. The summed E-state index contributed by atoms with van der Waals surface area (Å²) in [6.45, 7) is 0. The minimum absolute atomic E-state index is 0.634. The molecule has 0 aliphatic rings. The molecule has 3 heterocycles. The topological polar surface area (TPSA) is 51.8 Å². The quantitative estimate of drug-likeness (QED) is 0.174. The molecule has 62 heavy (non-hydrogen) atoms. The Kier molecular flexibility index (Phi) is 7.74. The van der Waals surface area contributed by atoms with Crippen LogP contribution in [0, 0.1) is 0 Å². The smallest absolute Gasteiger partial charge is 0.164 e. The van der Waals surface area contributed by atoms with E-state index in [1.165, 1.54) is 42.1 Å². The van der Waals surface area contributed by atoms with Crippen molar-refractivity contribution in [2.24, 2.45) is 0 Å². The molecular weight excluding hydrogens is 775 g/mol. The van der Waals surface area contributed by atoms with Crippen LogP contribution in [0.15, 0.2) is 205 Å². The molecule has 4 nitrogen and oxygen atoms in total. The Morgan fingerprint density at radius 1 is 0.306 bits per heavy atom. The molecule has 10 aromatic carbocycles. The third-order valence-corrected chi connectivity index (χ3v) is 13.4. The Balaban J connectivity index is 0.978. The first-order chi connectivity index (χ1) is 30.7. The number of furan rings is 1. The zero-order valence-corrected chi connectivity index (χ0v) is 34.0. The lowest BCUT2D eigenvalue weighted by Crippen LogP contribution is -2.01. The first-order valence-electron chi connectivity index (χ1n) is 20.8. The second-order valence-electron chi connectivity index (χ2n) is 15.9. The lowest BCUT2D eigenvalue weighted by atomic mass is 9.96. The molecule has 13 rings (SSSR count). The van der Waals surface area contributed by atoms with Crippen LogP contribution in [0.2, 0.25) is 0 Å². The summed E-state index contributed by atoms with van der Waals surface area (Å²) < 4.78 is 8.70. The van der Waals surface area contributed by atoms with Gasteiger partial charge in [0.05, 0.1) is 0 Å². The molecule has 0 amide bonds. The highest BCUT2D eigenvalue weighted by molar-refractivity contribution is 7.25. The highest BCUT2D eigenvalue weighted by Crippen LogP contribution is 2.41. The van der Waals surface area contributed by atoms with Crippen molar-refractivity contribution in [3.05, 3.63) is 200 Å². The molecule has 0 bridgehead atoms. The molecule has 0 unspecified atom stereocenters. The van der Waals surface area contributed by atoms with Crippen molar-refractivity contribution in [2.45, 2.75) is 0 Å². The molecule has 0 N–H and O–H groups in total. The number of hydrogen-bond donors (Lipinski definition) is 0. The van der Waals surface area contributed by atoms with Crippen LogP contribution in [0.3, 0.4) is 0 Å². The van der Waals surface area contributed by atoms with E-state index in [0.717, 1.165) is 71.3 Å². The predicted molar refractivity (Wildman–Crippen MR) is 260 cm³/mol. The van der Waals surface area contributed by atoms with E-state index >= 15 is 0 Å². The van der Waals surface area contributed by atoms with Crippen LogP contribution in [0.1, 0.15) is 0 Å². The third kappa shape index (κ3) is 5.63. The van der Waals surface area contributed by atoms with Crippen molar-refractivity contribution in [1.82, 2.24) is 15.0 Å². The lowest BCUT2D eigenvalue weighted by molar-refractivity contribution is 0.669. The molecule has 0 spiro atoms. The van der Waals surface area contributed by atoms with E-state index in [0.29, 0.717) is 17.5 Å². The first kappa shape index (κ1) is 34.8. The molecule has 0 fully saturated rings. The molecule has 288 valence electrons. The van der Waals surface area contributed by atoms with E-state index in [9.17, 15) is 0 Å². The van der Waals surface area contributed by atoms with Gasteiger partial charge in [-0.05, 0) is 103 Å². The molecule has 3 aromatic heterocycles. The van der Waals surface area contributed by atoms with Crippen LogP contribution in [0.4, 0.5) is 0 Å². The van der Waals surface area contributed by atoms with Crippen molar-refractivity contribution >= 4 is 85.8 Å². The van der Waals surface area contributed by atoms with Gasteiger partial charge >= 0.3 is 0 Å². The summed E-state index contributed by atoms with van der Waals surface area (Å²) in [5.74, 6) is 1.92. The average molecular weight is 808 g/mol. The van der Waals surface area contributed by atoms with Crippen LogP contribution < -0.4 is 0 Å². The van der Waals surface area contributed by atoms with Gasteiger partial charge in [0.25, 0.3) is 0 Å². The minimum atomic E-state index is 0.634. The number of para-hydroxylation sites is 1. The van der Waals surface area contributed by atoms with E-state index in [1.54, 1.807) is 11.3 Å². The Morgan fingerprint density at radius 2 is 0.968 bits per heavy atom. The largest absolute Gasteiger partial charge is 0.456 e. The molecule has 0 aliphatic carbocycles. The molecule has 0 saturated carbocycles. The zero-order valence-electron chi connectivity index (χ0n) is 33.2. The van der Waals surface area contributed by atoms with E-state index in [2.05, 4.69) is 188 Å². The Labute approximate surface area is 360 Å². The summed E-state index contributed by atoms with van der Waals surface area (Å²) in [5, 5.41) is 11.5. The van der Waals surface area contributed by atoms with Gasteiger partial charge in [-0.3, -0.25) is 0 Å². The van der Waals surface area contributed by atoms with Gasteiger partial charge < -0.3 is 4.42 Å². The Bertz CT molecular complexity index is 3940. The molecule has 0 saturated heterocycles. The van der Waals surface area contributed by atoms with E-state index in [4.69, 9.17) is 19.4 Å². The van der Waals surface area contributed by atoms with Gasteiger partial charge in [-0.1, -0.05) is 152 Å². The summed E-state index contributed by atoms with van der Waals surface area (Å²) >= 11 is 1.80. The standard InChI is InChI=1S/C57H33N3OS/c1-2-11-34(12-3-1)42-17-8-13-35-23-26-40(32-48(35)42)55-58-56(60-57(59-55)47-19-10-22-53-54(47)46-16-5-7-21-52(46)62-53)45-18-9-14-39-29-37(27-28-43(39)45)36-24-25-38-31-49-44-15-4-6-20-50(44)61-51(49)33-41(38)30-36/h1-33H. The van der Waals surface area contributed by atoms with Gasteiger partial charge in [-0.15, -0.1) is 11.3 Å².